The SMILES string of the molecule is NCCNc1cccc(OC(F)(F)F)c1. The van der Waals surface area contributed by atoms with Gasteiger partial charge in [0.15, 0.2) is 0 Å². The first-order chi connectivity index (χ1) is 7.01. The average molecular weight is 220 g/mol. The summed E-state index contributed by atoms with van der Waals surface area (Å²) >= 11 is 0. The molecule has 1 rings (SSSR count). The average Bonchev–Trinajstić information content (AvgIpc) is 2.12. The van der Waals surface area contributed by atoms with Gasteiger partial charge in [-0.15, -0.1) is 13.2 Å². The van der Waals surface area contributed by atoms with Gasteiger partial charge in [-0.1, -0.05) is 6.07 Å². The normalized spacial score (nSPS) is 11.2. The number of nitrogens with two attached hydrogens (primary N) is 1. The van der Waals surface area contributed by atoms with Crippen molar-refractivity contribution in [3.63, 3.8) is 0 Å². The second-order valence-electron chi connectivity index (χ2n) is 2.79. The van der Waals surface area contributed by atoms with E-state index in [0.717, 1.165) is 0 Å². The molecule has 84 valence electrons. The minimum absolute atomic E-state index is 0.246. The second kappa shape index (κ2) is 4.88. The maximum absolute atomic E-state index is 11.9. The molecule has 0 heterocycles. The predicted molar refractivity (Wildman–Crippen MR) is 50.7 cm³/mol. The van der Waals surface area contributed by atoms with Crippen LogP contribution in [-0.2, 0) is 0 Å². The molecule has 0 radical (unpaired) electrons. The van der Waals surface area contributed by atoms with Gasteiger partial charge in [0.25, 0.3) is 0 Å². The molecular weight excluding hydrogens is 209 g/mol. The zero-order valence-electron chi connectivity index (χ0n) is 7.84. The number of alkyl halides is 3. The minimum Gasteiger partial charge on any atom is -0.406 e. The Morgan fingerprint density at radius 1 is 1.33 bits per heavy atom. The van der Waals surface area contributed by atoms with Crippen molar-refractivity contribution >= 4 is 5.69 Å². The van der Waals surface area contributed by atoms with Crippen molar-refractivity contribution in [1.82, 2.24) is 0 Å². The van der Waals surface area contributed by atoms with Crippen LogP contribution < -0.4 is 15.8 Å². The molecule has 0 unspecified atom stereocenters. The Morgan fingerprint density at radius 3 is 2.67 bits per heavy atom. The van der Waals surface area contributed by atoms with Gasteiger partial charge in [0.2, 0.25) is 0 Å². The Labute approximate surface area is 85.0 Å². The van der Waals surface area contributed by atoms with Gasteiger partial charge >= 0.3 is 6.36 Å². The summed E-state index contributed by atoms with van der Waals surface area (Å²) in [6, 6.07) is 5.61. The fourth-order valence-corrected chi connectivity index (χ4v) is 1.02. The van der Waals surface area contributed by atoms with Crippen LogP contribution in [0.2, 0.25) is 0 Å². The fraction of sp³-hybridized carbons (Fsp3) is 0.333. The van der Waals surface area contributed by atoms with E-state index < -0.39 is 6.36 Å². The summed E-state index contributed by atoms with van der Waals surface area (Å²) in [7, 11) is 0. The van der Waals surface area contributed by atoms with Crippen molar-refractivity contribution < 1.29 is 17.9 Å². The second-order valence-corrected chi connectivity index (χ2v) is 2.79. The van der Waals surface area contributed by atoms with Gasteiger partial charge in [-0.25, -0.2) is 0 Å². The molecule has 0 amide bonds. The van der Waals surface area contributed by atoms with Crippen LogP contribution in [0, 0.1) is 0 Å². The third-order valence-electron chi connectivity index (χ3n) is 1.54. The van der Waals surface area contributed by atoms with Gasteiger partial charge in [-0.3, -0.25) is 0 Å². The molecule has 0 spiro atoms. The highest BCUT2D eigenvalue weighted by Gasteiger charge is 2.31. The number of hydrogen-bond acceptors (Lipinski definition) is 3. The van der Waals surface area contributed by atoms with Crippen molar-refractivity contribution in [1.29, 1.82) is 0 Å². The molecule has 0 aromatic heterocycles. The Morgan fingerprint density at radius 2 is 2.07 bits per heavy atom. The van der Waals surface area contributed by atoms with Crippen molar-refractivity contribution in [2.45, 2.75) is 6.36 Å². The maximum Gasteiger partial charge on any atom is 0.573 e. The van der Waals surface area contributed by atoms with E-state index >= 15 is 0 Å². The number of anilines is 1. The van der Waals surface area contributed by atoms with E-state index in [4.69, 9.17) is 5.73 Å². The predicted octanol–water partition coefficient (Wildman–Crippen LogP) is 1.96. The number of halogens is 3. The summed E-state index contributed by atoms with van der Waals surface area (Å²) < 4.78 is 39.3. The fourth-order valence-electron chi connectivity index (χ4n) is 1.02. The molecule has 0 saturated carbocycles. The van der Waals surface area contributed by atoms with Crippen molar-refractivity contribution in [3.05, 3.63) is 24.3 Å². The van der Waals surface area contributed by atoms with Crippen LogP contribution in [0.3, 0.4) is 0 Å². The largest absolute Gasteiger partial charge is 0.573 e. The smallest absolute Gasteiger partial charge is 0.406 e. The quantitative estimate of drug-likeness (QED) is 0.815. The lowest BCUT2D eigenvalue weighted by atomic mass is 10.3. The molecule has 0 aliphatic carbocycles. The number of hydrogen-bond donors (Lipinski definition) is 2. The monoisotopic (exact) mass is 220 g/mol. The summed E-state index contributed by atoms with van der Waals surface area (Å²) in [5.41, 5.74) is 5.79. The summed E-state index contributed by atoms with van der Waals surface area (Å²) in [6.45, 7) is 0.903. The van der Waals surface area contributed by atoms with Crippen LogP contribution in [0.5, 0.6) is 5.75 Å². The number of benzene rings is 1. The van der Waals surface area contributed by atoms with Crippen LogP contribution in [0.4, 0.5) is 18.9 Å². The Balaban J connectivity index is 2.66. The molecule has 0 bridgehead atoms. The molecule has 3 N–H and O–H groups in total. The highest BCUT2D eigenvalue weighted by Crippen LogP contribution is 2.24. The molecule has 0 aliphatic heterocycles. The molecule has 6 heteroatoms. The standard InChI is InChI=1S/C9H11F3N2O/c10-9(11,12)15-8-3-1-2-7(6-8)14-5-4-13/h1-3,6,14H,4-5,13H2. The highest BCUT2D eigenvalue weighted by atomic mass is 19.4. The summed E-state index contributed by atoms with van der Waals surface area (Å²) in [5, 5.41) is 2.85. The zero-order valence-corrected chi connectivity index (χ0v) is 7.84. The Kier molecular flexibility index (Phi) is 3.79. The number of nitrogens with one attached hydrogen (secondary N) is 1. The first-order valence-electron chi connectivity index (χ1n) is 4.31. The van der Waals surface area contributed by atoms with Crippen molar-refractivity contribution in [2.24, 2.45) is 5.73 Å². The van der Waals surface area contributed by atoms with E-state index in [0.29, 0.717) is 18.8 Å². The summed E-state index contributed by atoms with van der Waals surface area (Å²) in [5.74, 6) is -0.246. The molecule has 0 atom stereocenters. The molecule has 1 aromatic carbocycles. The Bertz CT molecular complexity index is 314. The lowest BCUT2D eigenvalue weighted by Crippen LogP contribution is -2.17. The van der Waals surface area contributed by atoms with Gasteiger partial charge in [0.1, 0.15) is 5.75 Å². The number of rotatable bonds is 4. The molecule has 0 saturated heterocycles. The van der Waals surface area contributed by atoms with Gasteiger partial charge in [-0.05, 0) is 12.1 Å². The van der Waals surface area contributed by atoms with Crippen LogP contribution in [-0.4, -0.2) is 19.5 Å². The molecule has 0 aliphatic rings. The first kappa shape index (κ1) is 11.6. The first-order valence-corrected chi connectivity index (χ1v) is 4.31. The third-order valence-corrected chi connectivity index (χ3v) is 1.54. The summed E-state index contributed by atoms with van der Waals surface area (Å²) in [6.07, 6.45) is -4.66. The highest BCUT2D eigenvalue weighted by molar-refractivity contribution is 5.48. The van der Waals surface area contributed by atoms with Crippen LogP contribution in [0.1, 0.15) is 0 Å². The van der Waals surface area contributed by atoms with E-state index in [2.05, 4.69) is 10.1 Å². The lowest BCUT2D eigenvalue weighted by molar-refractivity contribution is -0.274. The maximum atomic E-state index is 11.9. The lowest BCUT2D eigenvalue weighted by Gasteiger charge is -2.10. The van der Waals surface area contributed by atoms with E-state index in [-0.39, 0.29) is 5.75 Å². The molecule has 3 nitrogen and oxygen atoms in total. The van der Waals surface area contributed by atoms with E-state index in [1.54, 1.807) is 6.07 Å². The van der Waals surface area contributed by atoms with Crippen molar-refractivity contribution in [3.8, 4) is 5.75 Å². The third kappa shape index (κ3) is 4.55. The molecular formula is C9H11F3N2O. The van der Waals surface area contributed by atoms with Gasteiger partial charge in [0.05, 0.1) is 0 Å². The van der Waals surface area contributed by atoms with E-state index in [1.807, 2.05) is 0 Å². The van der Waals surface area contributed by atoms with E-state index in [9.17, 15) is 13.2 Å². The topological polar surface area (TPSA) is 47.3 Å². The van der Waals surface area contributed by atoms with E-state index in [1.165, 1.54) is 18.2 Å². The van der Waals surface area contributed by atoms with Crippen LogP contribution >= 0.6 is 0 Å². The number of ether oxygens (including phenoxy) is 1. The zero-order chi connectivity index (χ0) is 11.3. The van der Waals surface area contributed by atoms with Gasteiger partial charge in [0, 0.05) is 24.8 Å². The minimum atomic E-state index is -4.66. The van der Waals surface area contributed by atoms with Gasteiger partial charge < -0.3 is 15.8 Å². The Hall–Kier alpha value is -1.43. The van der Waals surface area contributed by atoms with Crippen LogP contribution in [0.25, 0.3) is 0 Å². The van der Waals surface area contributed by atoms with Crippen LogP contribution in [0.15, 0.2) is 24.3 Å². The molecule has 15 heavy (non-hydrogen) atoms. The molecule has 0 fully saturated rings. The van der Waals surface area contributed by atoms with Gasteiger partial charge in [-0.2, -0.15) is 0 Å². The van der Waals surface area contributed by atoms with Crippen molar-refractivity contribution in [2.75, 3.05) is 18.4 Å². The molecule has 1 aromatic rings. The summed E-state index contributed by atoms with van der Waals surface area (Å²) in [4.78, 5) is 0.